The summed E-state index contributed by atoms with van der Waals surface area (Å²) < 4.78 is 24.2. The third kappa shape index (κ3) is 4.99. The topological polar surface area (TPSA) is 80.8 Å². The summed E-state index contributed by atoms with van der Waals surface area (Å²) in [6.45, 7) is 1.14. The van der Waals surface area contributed by atoms with Crippen LogP contribution in [0.2, 0.25) is 5.02 Å². The Morgan fingerprint density at radius 2 is 1.94 bits per heavy atom. The lowest BCUT2D eigenvalue weighted by Gasteiger charge is -2.23. The van der Waals surface area contributed by atoms with Gasteiger partial charge in [0.15, 0.2) is 0 Å². The third-order valence-electron chi connectivity index (χ3n) is 6.58. The number of ether oxygens (including phenoxy) is 2. The molecule has 2 fully saturated rings. The second kappa shape index (κ2) is 9.78. The van der Waals surface area contributed by atoms with Crippen molar-refractivity contribution < 1.29 is 23.5 Å². The molecule has 1 aromatic heterocycles. The van der Waals surface area contributed by atoms with Crippen LogP contribution in [0.1, 0.15) is 45.5 Å². The number of carbonyl (C=O) groups is 2. The molecule has 9 heteroatoms. The fraction of sp³-hybridized carbons (Fsp3) is 0.296. The van der Waals surface area contributed by atoms with Crippen LogP contribution in [0.4, 0.5) is 10.2 Å². The van der Waals surface area contributed by atoms with Gasteiger partial charge >= 0.3 is 5.97 Å². The van der Waals surface area contributed by atoms with E-state index in [-0.39, 0.29) is 17.8 Å². The van der Waals surface area contributed by atoms with E-state index in [0.29, 0.717) is 47.2 Å². The van der Waals surface area contributed by atoms with Gasteiger partial charge < -0.3 is 19.7 Å². The van der Waals surface area contributed by atoms with Crippen LogP contribution in [0.15, 0.2) is 60.8 Å². The number of hydrogen-bond donors (Lipinski definition) is 1. The van der Waals surface area contributed by atoms with Crippen LogP contribution in [-0.4, -0.2) is 43.2 Å². The Morgan fingerprint density at radius 3 is 2.64 bits per heavy atom. The van der Waals surface area contributed by atoms with E-state index in [1.165, 1.54) is 25.4 Å². The molecule has 1 aliphatic carbocycles. The standard InChI is InChI=1S/C27H25ClFN3O4/c1-35-26(34)17-5-7-18(8-6-17)27(10-11-27)31-25(33)23-13-19(28)15-30-24(23)32-12-9-22(16-32)36-21-4-2-3-20(29)14-21/h2-8,13-15,22H,9-12,16H2,1H3,(H,31,33)/t22-/m1/s1. The lowest BCUT2D eigenvalue weighted by atomic mass is 10.0. The predicted octanol–water partition coefficient (Wildman–Crippen LogP) is 4.74. The highest BCUT2D eigenvalue weighted by Gasteiger charge is 2.46. The average Bonchev–Trinajstić information content (AvgIpc) is 3.52. The SMILES string of the molecule is COC(=O)c1ccc(C2(NC(=O)c3cc(Cl)cnc3N3CC[C@@H](Oc4cccc(F)c4)C3)CC2)cc1. The summed E-state index contributed by atoms with van der Waals surface area (Å²) in [5.74, 6) is -0.0362. The summed E-state index contributed by atoms with van der Waals surface area (Å²) in [5, 5.41) is 3.52. The monoisotopic (exact) mass is 509 g/mol. The van der Waals surface area contributed by atoms with E-state index in [0.717, 1.165) is 18.4 Å². The minimum Gasteiger partial charge on any atom is -0.488 e. The van der Waals surface area contributed by atoms with E-state index in [1.54, 1.807) is 30.3 Å². The Balaban J connectivity index is 1.31. The highest BCUT2D eigenvalue weighted by atomic mass is 35.5. The van der Waals surface area contributed by atoms with Crippen molar-refractivity contribution >= 4 is 29.3 Å². The first kappa shape index (κ1) is 24.1. The van der Waals surface area contributed by atoms with Crippen molar-refractivity contribution in [2.45, 2.75) is 30.9 Å². The lowest BCUT2D eigenvalue weighted by Crippen LogP contribution is -2.36. The molecule has 2 aliphatic rings. The lowest BCUT2D eigenvalue weighted by molar-refractivity contribution is 0.0600. The van der Waals surface area contributed by atoms with E-state index in [2.05, 4.69) is 10.3 Å². The zero-order valence-electron chi connectivity index (χ0n) is 19.7. The highest BCUT2D eigenvalue weighted by molar-refractivity contribution is 6.31. The van der Waals surface area contributed by atoms with Gasteiger partial charge in [0.25, 0.3) is 5.91 Å². The van der Waals surface area contributed by atoms with E-state index in [4.69, 9.17) is 21.1 Å². The molecular weight excluding hydrogens is 485 g/mol. The second-order valence-corrected chi connectivity index (χ2v) is 9.50. The first-order chi connectivity index (χ1) is 17.4. The zero-order valence-corrected chi connectivity index (χ0v) is 20.4. The molecule has 7 nitrogen and oxygen atoms in total. The third-order valence-corrected chi connectivity index (χ3v) is 6.79. The normalized spacial score (nSPS) is 18.0. The van der Waals surface area contributed by atoms with Gasteiger partial charge in [-0.05, 0) is 48.7 Å². The molecule has 0 radical (unpaired) electrons. The van der Waals surface area contributed by atoms with E-state index >= 15 is 0 Å². The maximum absolute atomic E-state index is 13.5. The molecule has 1 aliphatic heterocycles. The van der Waals surface area contributed by atoms with Crippen LogP contribution in [0.5, 0.6) is 5.75 Å². The summed E-state index contributed by atoms with van der Waals surface area (Å²) in [6.07, 6.45) is 3.63. The molecule has 2 heterocycles. The van der Waals surface area contributed by atoms with Crippen LogP contribution >= 0.6 is 11.6 Å². The molecule has 1 atom stereocenters. The summed E-state index contributed by atoms with van der Waals surface area (Å²) in [5.41, 5.74) is 1.25. The number of methoxy groups -OCH3 is 1. The number of hydrogen-bond acceptors (Lipinski definition) is 6. The highest BCUT2D eigenvalue weighted by Crippen LogP contribution is 2.46. The van der Waals surface area contributed by atoms with Gasteiger partial charge in [0.1, 0.15) is 23.5 Å². The second-order valence-electron chi connectivity index (χ2n) is 9.06. The molecule has 1 amide bonds. The van der Waals surface area contributed by atoms with Crippen LogP contribution in [0, 0.1) is 5.82 Å². The molecule has 186 valence electrons. The molecule has 0 unspecified atom stereocenters. The molecule has 0 spiro atoms. The molecule has 0 bridgehead atoms. The van der Waals surface area contributed by atoms with Gasteiger partial charge in [0, 0.05) is 25.2 Å². The molecule has 1 saturated carbocycles. The van der Waals surface area contributed by atoms with Gasteiger partial charge in [0.2, 0.25) is 0 Å². The first-order valence-electron chi connectivity index (χ1n) is 11.7. The number of nitrogens with zero attached hydrogens (tertiary/aromatic N) is 2. The zero-order chi connectivity index (χ0) is 25.3. The summed E-state index contributed by atoms with van der Waals surface area (Å²) in [4.78, 5) is 31.7. The number of amides is 1. The number of pyridine rings is 1. The van der Waals surface area contributed by atoms with Crippen molar-refractivity contribution in [1.82, 2.24) is 10.3 Å². The molecule has 1 N–H and O–H groups in total. The van der Waals surface area contributed by atoms with E-state index in [9.17, 15) is 14.0 Å². The van der Waals surface area contributed by atoms with Crippen molar-refractivity contribution in [2.24, 2.45) is 0 Å². The van der Waals surface area contributed by atoms with Crippen LogP contribution < -0.4 is 15.0 Å². The van der Waals surface area contributed by atoms with Gasteiger partial charge in [-0.1, -0.05) is 29.8 Å². The van der Waals surface area contributed by atoms with Crippen LogP contribution in [-0.2, 0) is 10.3 Å². The van der Waals surface area contributed by atoms with Crippen molar-refractivity contribution in [3.63, 3.8) is 0 Å². The van der Waals surface area contributed by atoms with Gasteiger partial charge in [-0.3, -0.25) is 4.79 Å². The largest absolute Gasteiger partial charge is 0.488 e. The van der Waals surface area contributed by atoms with Crippen molar-refractivity contribution in [3.8, 4) is 5.75 Å². The molecule has 3 aromatic rings. The molecular formula is C27H25ClFN3O4. The van der Waals surface area contributed by atoms with Gasteiger partial charge in [-0.25, -0.2) is 14.2 Å². The Bertz CT molecular complexity index is 1300. The van der Waals surface area contributed by atoms with Gasteiger partial charge in [0.05, 0.1) is 35.3 Å². The van der Waals surface area contributed by atoms with E-state index in [1.807, 2.05) is 17.0 Å². The predicted molar refractivity (Wildman–Crippen MR) is 133 cm³/mol. The maximum atomic E-state index is 13.5. The number of benzene rings is 2. The summed E-state index contributed by atoms with van der Waals surface area (Å²) in [6, 6.07) is 14.7. The van der Waals surface area contributed by atoms with Crippen molar-refractivity contribution in [2.75, 3.05) is 25.1 Å². The first-order valence-corrected chi connectivity index (χ1v) is 12.1. The molecule has 1 saturated heterocycles. The summed E-state index contributed by atoms with van der Waals surface area (Å²) >= 11 is 6.22. The number of rotatable bonds is 7. The quantitative estimate of drug-likeness (QED) is 0.463. The van der Waals surface area contributed by atoms with Gasteiger partial charge in [-0.15, -0.1) is 0 Å². The minimum atomic E-state index is -0.501. The number of carbonyl (C=O) groups excluding carboxylic acids is 2. The molecule has 5 rings (SSSR count). The van der Waals surface area contributed by atoms with Gasteiger partial charge in [-0.2, -0.15) is 0 Å². The summed E-state index contributed by atoms with van der Waals surface area (Å²) in [7, 11) is 1.34. The number of aromatic nitrogens is 1. The average molecular weight is 510 g/mol. The number of halogens is 2. The number of esters is 1. The van der Waals surface area contributed by atoms with E-state index < -0.39 is 11.5 Å². The Kier molecular flexibility index (Phi) is 6.53. The Morgan fingerprint density at radius 1 is 1.17 bits per heavy atom. The fourth-order valence-corrected chi connectivity index (χ4v) is 4.70. The Labute approximate surface area is 213 Å². The van der Waals surface area contributed by atoms with Crippen LogP contribution in [0.3, 0.4) is 0 Å². The number of anilines is 1. The van der Waals surface area contributed by atoms with Crippen molar-refractivity contribution in [3.05, 3.63) is 88.3 Å². The fourth-order valence-electron chi connectivity index (χ4n) is 4.54. The Hall–Kier alpha value is -3.65. The molecule has 36 heavy (non-hydrogen) atoms. The maximum Gasteiger partial charge on any atom is 0.337 e. The molecule has 2 aromatic carbocycles. The minimum absolute atomic E-state index is 0.164. The smallest absolute Gasteiger partial charge is 0.337 e. The number of nitrogens with one attached hydrogen (secondary N) is 1. The van der Waals surface area contributed by atoms with Crippen molar-refractivity contribution in [1.29, 1.82) is 0 Å². The van der Waals surface area contributed by atoms with Crippen LogP contribution in [0.25, 0.3) is 0 Å².